The van der Waals surface area contributed by atoms with Crippen LogP contribution in [0.2, 0.25) is 0 Å². The van der Waals surface area contributed by atoms with Crippen molar-refractivity contribution in [2.45, 2.75) is 39.7 Å². The summed E-state index contributed by atoms with van der Waals surface area (Å²) in [4.78, 5) is 0. The van der Waals surface area contributed by atoms with Crippen molar-refractivity contribution in [2.75, 3.05) is 13.2 Å². The van der Waals surface area contributed by atoms with Crippen LogP contribution in [0.15, 0.2) is 24.3 Å². The summed E-state index contributed by atoms with van der Waals surface area (Å²) in [7, 11) is 0. The maximum Gasteiger partial charge on any atom is 0.119 e. The molecule has 0 aliphatic carbocycles. The van der Waals surface area contributed by atoms with E-state index in [2.05, 4.69) is 37.4 Å². The highest BCUT2D eigenvalue weighted by Crippen LogP contribution is 2.18. The van der Waals surface area contributed by atoms with Gasteiger partial charge in [-0.15, -0.1) is 0 Å². The van der Waals surface area contributed by atoms with Gasteiger partial charge in [-0.1, -0.05) is 25.5 Å². The van der Waals surface area contributed by atoms with Gasteiger partial charge in [-0.25, -0.2) is 0 Å². The maximum atomic E-state index is 5.49. The summed E-state index contributed by atoms with van der Waals surface area (Å²) in [6.07, 6.45) is 2.47. The number of hydrogen-bond acceptors (Lipinski definition) is 2. The number of unbranched alkanes of at least 4 members (excludes halogenated alkanes) is 1. The first-order chi connectivity index (χ1) is 7.77. The molecule has 0 radical (unpaired) electrons. The molecule has 2 heteroatoms. The molecule has 0 heterocycles. The zero-order valence-corrected chi connectivity index (χ0v) is 10.6. The standard InChI is InChI=1S/C14H23NO/c1-4-6-10-15-12(3)13-8-7-9-14(11-13)16-5-2/h7-9,11-12,15H,4-6,10H2,1-3H3/t12-/m0/s1. The quantitative estimate of drug-likeness (QED) is 0.711. The molecule has 0 aliphatic rings. The third-order valence-corrected chi connectivity index (χ3v) is 2.65. The number of ether oxygens (including phenoxy) is 1. The number of benzene rings is 1. The van der Waals surface area contributed by atoms with E-state index in [4.69, 9.17) is 4.74 Å². The van der Waals surface area contributed by atoms with Crippen molar-refractivity contribution in [1.82, 2.24) is 5.32 Å². The van der Waals surface area contributed by atoms with Gasteiger partial charge in [-0.2, -0.15) is 0 Å². The molecule has 0 spiro atoms. The first-order valence-electron chi connectivity index (χ1n) is 6.24. The second kappa shape index (κ2) is 7.29. The lowest BCUT2D eigenvalue weighted by molar-refractivity contribution is 0.339. The lowest BCUT2D eigenvalue weighted by atomic mass is 10.1. The van der Waals surface area contributed by atoms with Gasteiger partial charge in [0.15, 0.2) is 0 Å². The van der Waals surface area contributed by atoms with Gasteiger partial charge >= 0.3 is 0 Å². The maximum absolute atomic E-state index is 5.49. The lowest BCUT2D eigenvalue weighted by Gasteiger charge is -2.15. The third kappa shape index (κ3) is 4.23. The molecule has 2 nitrogen and oxygen atoms in total. The van der Waals surface area contributed by atoms with Crippen molar-refractivity contribution in [3.05, 3.63) is 29.8 Å². The van der Waals surface area contributed by atoms with Crippen LogP contribution < -0.4 is 10.1 Å². The smallest absolute Gasteiger partial charge is 0.119 e. The molecule has 1 aromatic carbocycles. The van der Waals surface area contributed by atoms with Crippen molar-refractivity contribution in [1.29, 1.82) is 0 Å². The molecule has 0 aromatic heterocycles. The van der Waals surface area contributed by atoms with Gasteiger partial charge in [0.2, 0.25) is 0 Å². The summed E-state index contributed by atoms with van der Waals surface area (Å²) >= 11 is 0. The van der Waals surface area contributed by atoms with Crippen LogP contribution in [0.1, 0.15) is 45.2 Å². The van der Waals surface area contributed by atoms with Crippen LogP contribution in [0.3, 0.4) is 0 Å². The Kier molecular flexibility index (Phi) is 5.94. The lowest BCUT2D eigenvalue weighted by Crippen LogP contribution is -2.19. The molecular formula is C14H23NO. The molecule has 0 unspecified atom stereocenters. The first-order valence-corrected chi connectivity index (χ1v) is 6.24. The van der Waals surface area contributed by atoms with E-state index in [1.54, 1.807) is 0 Å². The SMILES string of the molecule is CCCCN[C@@H](C)c1cccc(OCC)c1. The Labute approximate surface area is 99.0 Å². The van der Waals surface area contributed by atoms with Crippen LogP contribution in [-0.4, -0.2) is 13.2 Å². The van der Waals surface area contributed by atoms with Crippen molar-refractivity contribution in [3.63, 3.8) is 0 Å². The predicted octanol–water partition coefficient (Wildman–Crippen LogP) is 3.54. The summed E-state index contributed by atoms with van der Waals surface area (Å²) in [5, 5.41) is 3.51. The molecule has 0 aliphatic heterocycles. The molecule has 0 bridgehead atoms. The topological polar surface area (TPSA) is 21.3 Å². The van der Waals surface area contributed by atoms with Gasteiger partial charge in [-0.05, 0) is 44.5 Å². The Morgan fingerprint density at radius 1 is 1.31 bits per heavy atom. The number of nitrogens with one attached hydrogen (secondary N) is 1. The first kappa shape index (κ1) is 13.0. The van der Waals surface area contributed by atoms with Crippen LogP contribution >= 0.6 is 0 Å². The van der Waals surface area contributed by atoms with E-state index in [9.17, 15) is 0 Å². The average molecular weight is 221 g/mol. The molecule has 90 valence electrons. The Morgan fingerprint density at radius 2 is 2.12 bits per heavy atom. The van der Waals surface area contributed by atoms with Crippen molar-refractivity contribution in [2.24, 2.45) is 0 Å². The molecule has 0 amide bonds. The summed E-state index contributed by atoms with van der Waals surface area (Å²) in [5.74, 6) is 0.962. The summed E-state index contributed by atoms with van der Waals surface area (Å²) in [5.41, 5.74) is 1.29. The molecule has 1 rings (SSSR count). The van der Waals surface area contributed by atoms with E-state index >= 15 is 0 Å². The Hall–Kier alpha value is -1.02. The fraction of sp³-hybridized carbons (Fsp3) is 0.571. The molecule has 0 saturated heterocycles. The number of rotatable bonds is 7. The van der Waals surface area contributed by atoms with Gasteiger partial charge in [0.05, 0.1) is 6.61 Å². The highest BCUT2D eigenvalue weighted by Gasteiger charge is 2.04. The summed E-state index contributed by atoms with van der Waals surface area (Å²) < 4.78 is 5.49. The van der Waals surface area contributed by atoms with Gasteiger partial charge in [0, 0.05) is 6.04 Å². The minimum Gasteiger partial charge on any atom is -0.494 e. The highest BCUT2D eigenvalue weighted by atomic mass is 16.5. The normalized spacial score (nSPS) is 12.4. The van der Waals surface area contributed by atoms with Crippen LogP contribution in [0, 0.1) is 0 Å². The molecule has 1 aromatic rings. The highest BCUT2D eigenvalue weighted by molar-refractivity contribution is 5.30. The van der Waals surface area contributed by atoms with Gasteiger partial charge in [0.25, 0.3) is 0 Å². The molecular weight excluding hydrogens is 198 g/mol. The number of hydrogen-bond donors (Lipinski definition) is 1. The predicted molar refractivity (Wildman–Crippen MR) is 68.9 cm³/mol. The van der Waals surface area contributed by atoms with E-state index in [1.807, 2.05) is 13.0 Å². The molecule has 1 atom stereocenters. The van der Waals surface area contributed by atoms with E-state index in [0.29, 0.717) is 6.04 Å². The zero-order chi connectivity index (χ0) is 11.8. The summed E-state index contributed by atoms with van der Waals surface area (Å²) in [6.45, 7) is 8.22. The van der Waals surface area contributed by atoms with Crippen molar-refractivity contribution < 1.29 is 4.74 Å². The van der Waals surface area contributed by atoms with Gasteiger partial charge in [-0.3, -0.25) is 0 Å². The monoisotopic (exact) mass is 221 g/mol. The van der Waals surface area contributed by atoms with Crippen LogP contribution in [0.5, 0.6) is 5.75 Å². The van der Waals surface area contributed by atoms with Crippen LogP contribution in [0.25, 0.3) is 0 Å². The van der Waals surface area contributed by atoms with E-state index in [-0.39, 0.29) is 0 Å². The Balaban J connectivity index is 2.53. The van der Waals surface area contributed by atoms with Crippen LogP contribution in [0.4, 0.5) is 0 Å². The molecule has 0 fully saturated rings. The van der Waals surface area contributed by atoms with E-state index < -0.39 is 0 Å². The fourth-order valence-electron chi connectivity index (χ4n) is 1.65. The minimum absolute atomic E-state index is 0.395. The summed E-state index contributed by atoms with van der Waals surface area (Å²) in [6, 6.07) is 8.72. The van der Waals surface area contributed by atoms with E-state index in [0.717, 1.165) is 18.9 Å². The molecule has 0 saturated carbocycles. The second-order valence-electron chi connectivity index (χ2n) is 4.03. The Bertz CT molecular complexity index is 299. The second-order valence-corrected chi connectivity index (χ2v) is 4.03. The molecule has 1 N–H and O–H groups in total. The van der Waals surface area contributed by atoms with Crippen molar-refractivity contribution >= 4 is 0 Å². The van der Waals surface area contributed by atoms with E-state index in [1.165, 1.54) is 18.4 Å². The Morgan fingerprint density at radius 3 is 2.81 bits per heavy atom. The average Bonchev–Trinajstić information content (AvgIpc) is 2.30. The third-order valence-electron chi connectivity index (χ3n) is 2.65. The zero-order valence-electron chi connectivity index (χ0n) is 10.6. The molecule has 16 heavy (non-hydrogen) atoms. The van der Waals surface area contributed by atoms with Gasteiger partial charge in [0.1, 0.15) is 5.75 Å². The largest absolute Gasteiger partial charge is 0.494 e. The van der Waals surface area contributed by atoms with Crippen molar-refractivity contribution in [3.8, 4) is 5.75 Å². The fourth-order valence-corrected chi connectivity index (χ4v) is 1.65. The minimum atomic E-state index is 0.395. The van der Waals surface area contributed by atoms with Crippen LogP contribution in [-0.2, 0) is 0 Å². The van der Waals surface area contributed by atoms with Gasteiger partial charge < -0.3 is 10.1 Å².